The van der Waals surface area contributed by atoms with Gasteiger partial charge in [0.25, 0.3) is 5.24 Å². The molecule has 2 atom stereocenters. The highest BCUT2D eigenvalue weighted by molar-refractivity contribution is 8.15. The van der Waals surface area contributed by atoms with Crippen molar-refractivity contribution < 1.29 is 32.3 Å². The van der Waals surface area contributed by atoms with Crippen LogP contribution in [0.5, 0.6) is 11.5 Å². The molecule has 29 heavy (non-hydrogen) atoms. The van der Waals surface area contributed by atoms with E-state index in [2.05, 4.69) is 5.32 Å². The highest BCUT2D eigenvalue weighted by Gasteiger charge is 2.41. The van der Waals surface area contributed by atoms with E-state index < -0.39 is 17.0 Å². The quantitative estimate of drug-likeness (QED) is 0.725. The molecule has 0 bridgehead atoms. The number of aryl methyl sites for hydroxylation is 1. The second-order valence-corrected chi connectivity index (χ2v) is 7.91. The van der Waals surface area contributed by atoms with Gasteiger partial charge in [-0.3, -0.25) is 19.7 Å². The number of aldehydes is 1. The third-order valence-corrected chi connectivity index (χ3v) is 6.13. The zero-order chi connectivity index (χ0) is 20.8. The largest absolute Gasteiger partial charge is 0.457 e. The molecule has 2 aliphatic rings. The number of amides is 2. The zero-order valence-corrected chi connectivity index (χ0v) is 15.6. The maximum Gasteiger partial charge on any atom is 0.416 e. The molecule has 0 radical (unpaired) electrons. The number of halogens is 3. The fourth-order valence-corrected chi connectivity index (χ4v) is 4.68. The molecular formula is C20H14F3NO4S. The summed E-state index contributed by atoms with van der Waals surface area (Å²) in [5.41, 5.74) is 0.768. The number of rotatable bonds is 4. The van der Waals surface area contributed by atoms with E-state index in [1.54, 1.807) is 18.2 Å². The van der Waals surface area contributed by atoms with Crippen LogP contribution in [0.15, 0.2) is 36.4 Å². The molecule has 1 saturated heterocycles. The number of ether oxygens (including phenoxy) is 1. The van der Waals surface area contributed by atoms with Crippen molar-refractivity contribution in [2.45, 2.75) is 30.2 Å². The van der Waals surface area contributed by atoms with Crippen LogP contribution in [0.2, 0.25) is 0 Å². The number of alkyl halides is 3. The number of fused-ring (bicyclic) bond motifs is 1. The molecule has 4 rings (SSSR count). The number of thioether (sulfide) groups is 1. The Balaban J connectivity index is 1.57. The molecule has 0 saturated carbocycles. The Morgan fingerprint density at radius 1 is 1.14 bits per heavy atom. The van der Waals surface area contributed by atoms with Crippen LogP contribution < -0.4 is 10.1 Å². The van der Waals surface area contributed by atoms with Gasteiger partial charge in [-0.05, 0) is 54.3 Å². The van der Waals surface area contributed by atoms with E-state index in [1.165, 1.54) is 0 Å². The first-order chi connectivity index (χ1) is 13.8. The van der Waals surface area contributed by atoms with Crippen molar-refractivity contribution in [2.75, 3.05) is 0 Å². The van der Waals surface area contributed by atoms with E-state index >= 15 is 0 Å². The average Bonchev–Trinajstić information content (AvgIpc) is 3.22. The van der Waals surface area contributed by atoms with Crippen molar-refractivity contribution in [2.24, 2.45) is 0 Å². The van der Waals surface area contributed by atoms with E-state index in [4.69, 9.17) is 4.74 Å². The van der Waals surface area contributed by atoms with E-state index in [0.29, 0.717) is 24.9 Å². The molecule has 1 fully saturated rings. The standard InChI is InChI=1S/C20H14F3NO4S/c21-20(22,23)12-2-6-16(11(7-12)9-25)28-13-3-5-14-10(8-13)1-4-15(14)17-18(26)24-19(27)29-17/h2-3,5-9,15,17H,1,4H2,(H,24,26,27)/t15-,17?/m1/s1. The van der Waals surface area contributed by atoms with Gasteiger partial charge in [-0.15, -0.1) is 0 Å². The Labute approximate surface area is 167 Å². The summed E-state index contributed by atoms with van der Waals surface area (Å²) >= 11 is 0.988. The number of hydrogen-bond donors (Lipinski definition) is 1. The summed E-state index contributed by atoms with van der Waals surface area (Å²) in [4.78, 5) is 34.6. The van der Waals surface area contributed by atoms with Crippen molar-refractivity contribution in [1.29, 1.82) is 0 Å². The molecule has 150 valence electrons. The Morgan fingerprint density at radius 2 is 1.93 bits per heavy atom. The lowest BCUT2D eigenvalue weighted by Crippen LogP contribution is -2.27. The first-order valence-corrected chi connectivity index (χ1v) is 9.63. The van der Waals surface area contributed by atoms with Gasteiger partial charge in [0.15, 0.2) is 6.29 Å². The number of carbonyl (C=O) groups is 3. The molecule has 0 spiro atoms. The molecule has 1 unspecified atom stereocenters. The van der Waals surface area contributed by atoms with Gasteiger partial charge in [0.1, 0.15) is 16.7 Å². The van der Waals surface area contributed by atoms with E-state index in [9.17, 15) is 27.6 Å². The van der Waals surface area contributed by atoms with Crippen LogP contribution in [0.1, 0.15) is 39.4 Å². The van der Waals surface area contributed by atoms with Crippen molar-refractivity contribution in [3.8, 4) is 11.5 Å². The summed E-state index contributed by atoms with van der Waals surface area (Å²) in [6.07, 6.45) is -2.84. The van der Waals surface area contributed by atoms with E-state index in [1.807, 2.05) is 0 Å². The topological polar surface area (TPSA) is 72.5 Å². The molecule has 2 amide bonds. The first kappa shape index (κ1) is 19.5. The Kier molecular flexibility index (Phi) is 4.85. The van der Waals surface area contributed by atoms with Crippen LogP contribution >= 0.6 is 11.8 Å². The fraction of sp³-hybridized carbons (Fsp3) is 0.250. The number of hydrogen-bond acceptors (Lipinski definition) is 5. The Bertz CT molecular complexity index is 1020. The summed E-state index contributed by atoms with van der Waals surface area (Å²) in [5, 5.41) is 1.48. The molecule has 1 heterocycles. The minimum Gasteiger partial charge on any atom is -0.457 e. The lowest BCUT2D eigenvalue weighted by Gasteiger charge is -2.16. The van der Waals surface area contributed by atoms with Gasteiger partial charge in [-0.25, -0.2) is 0 Å². The van der Waals surface area contributed by atoms with Gasteiger partial charge < -0.3 is 4.74 Å². The van der Waals surface area contributed by atoms with Crippen molar-refractivity contribution in [3.05, 3.63) is 58.7 Å². The second kappa shape index (κ2) is 7.22. The predicted molar refractivity (Wildman–Crippen MR) is 99.3 cm³/mol. The predicted octanol–water partition coefficient (Wildman–Crippen LogP) is 4.69. The average molecular weight is 421 g/mol. The minimum absolute atomic E-state index is 0.0267. The highest BCUT2D eigenvalue weighted by Crippen LogP contribution is 2.43. The maximum absolute atomic E-state index is 12.8. The van der Waals surface area contributed by atoms with Crippen molar-refractivity contribution in [3.63, 3.8) is 0 Å². The normalized spacial score (nSPS) is 21.1. The van der Waals surface area contributed by atoms with Crippen molar-refractivity contribution >= 4 is 29.2 Å². The highest BCUT2D eigenvalue weighted by atomic mass is 32.2. The molecule has 1 N–H and O–H groups in total. The van der Waals surface area contributed by atoms with Crippen molar-refractivity contribution in [1.82, 2.24) is 5.32 Å². The lowest BCUT2D eigenvalue weighted by atomic mass is 9.97. The molecule has 2 aromatic rings. The summed E-state index contributed by atoms with van der Waals surface area (Å²) in [6.45, 7) is 0. The van der Waals surface area contributed by atoms with Gasteiger partial charge in [-0.2, -0.15) is 13.2 Å². The van der Waals surface area contributed by atoms with Gasteiger partial charge in [0, 0.05) is 5.92 Å². The van der Waals surface area contributed by atoms with Gasteiger partial charge in [0.05, 0.1) is 11.1 Å². The Hall–Kier alpha value is -2.81. The minimum atomic E-state index is -4.55. The molecule has 9 heteroatoms. The molecule has 1 aliphatic carbocycles. The van der Waals surface area contributed by atoms with Crippen LogP contribution in [0.4, 0.5) is 18.0 Å². The van der Waals surface area contributed by atoms with Gasteiger partial charge in [0.2, 0.25) is 5.91 Å². The first-order valence-electron chi connectivity index (χ1n) is 8.75. The van der Waals surface area contributed by atoms with E-state index in [0.717, 1.165) is 41.1 Å². The van der Waals surface area contributed by atoms with Crippen LogP contribution in [0.3, 0.4) is 0 Å². The van der Waals surface area contributed by atoms with Crippen LogP contribution in [0.25, 0.3) is 0 Å². The van der Waals surface area contributed by atoms with Crippen LogP contribution in [-0.2, 0) is 17.4 Å². The van der Waals surface area contributed by atoms with Gasteiger partial charge >= 0.3 is 6.18 Å². The van der Waals surface area contributed by atoms with Crippen LogP contribution in [0, 0.1) is 0 Å². The maximum atomic E-state index is 12.8. The SMILES string of the molecule is O=Cc1cc(C(F)(F)F)ccc1Oc1ccc2c(c1)CC[C@H]2C1SC(=O)NC1=O. The Morgan fingerprint density at radius 3 is 2.59 bits per heavy atom. The smallest absolute Gasteiger partial charge is 0.416 e. The second-order valence-electron chi connectivity index (χ2n) is 6.79. The zero-order valence-electron chi connectivity index (χ0n) is 14.8. The third kappa shape index (κ3) is 3.74. The number of benzene rings is 2. The monoisotopic (exact) mass is 421 g/mol. The molecule has 1 aliphatic heterocycles. The summed E-state index contributed by atoms with van der Waals surface area (Å²) in [6, 6.07) is 7.92. The lowest BCUT2D eigenvalue weighted by molar-refractivity contribution is -0.137. The number of nitrogens with one attached hydrogen (secondary N) is 1. The molecule has 2 aromatic carbocycles. The third-order valence-electron chi connectivity index (χ3n) is 5.01. The van der Waals surface area contributed by atoms with E-state index in [-0.39, 0.29) is 28.4 Å². The number of carbonyl (C=O) groups excluding carboxylic acids is 3. The molecular weight excluding hydrogens is 407 g/mol. The van der Waals surface area contributed by atoms with Gasteiger partial charge in [-0.1, -0.05) is 17.8 Å². The fourth-order valence-electron chi connectivity index (χ4n) is 3.68. The summed E-state index contributed by atoms with van der Waals surface area (Å²) in [5.74, 6) is 0.0244. The van der Waals surface area contributed by atoms with Crippen LogP contribution in [-0.4, -0.2) is 22.7 Å². The number of imide groups is 1. The summed E-state index contributed by atoms with van der Waals surface area (Å²) < 4.78 is 44.1. The summed E-state index contributed by atoms with van der Waals surface area (Å²) in [7, 11) is 0. The molecule has 5 nitrogen and oxygen atoms in total. The molecule has 0 aromatic heterocycles.